The summed E-state index contributed by atoms with van der Waals surface area (Å²) in [6.07, 6.45) is -0.577. The number of piperazine rings is 1. The van der Waals surface area contributed by atoms with Gasteiger partial charge in [0.05, 0.1) is 0 Å². The number of urea groups is 1. The molecular weight excluding hydrogens is 471 g/mol. The standard InChI is InChI=1S/C25H28ClFN6O2/c1-16-5-3-6-17(13-16)14-33-21-22(30(2)25(35)29-23(21)34)28-24(33)32-11-9-31(10-12-32)15-18-19(26)7-4-8-20(18)27/h3-8,13,21-22H,9-12,14-15H2,1-2H3,(H,29,34,35). The average Bonchev–Trinajstić information content (AvgIpc) is 3.20. The molecule has 2 aromatic carbocycles. The van der Waals surface area contributed by atoms with Gasteiger partial charge in [-0.2, -0.15) is 0 Å². The van der Waals surface area contributed by atoms with E-state index in [2.05, 4.69) is 21.2 Å². The summed E-state index contributed by atoms with van der Waals surface area (Å²) < 4.78 is 14.3. The molecule has 10 heteroatoms. The summed E-state index contributed by atoms with van der Waals surface area (Å²) in [7, 11) is 1.66. The second-order valence-electron chi connectivity index (χ2n) is 9.27. The molecule has 0 aliphatic carbocycles. The number of imide groups is 1. The zero-order chi connectivity index (χ0) is 24.7. The van der Waals surface area contributed by atoms with Crippen molar-refractivity contribution in [1.29, 1.82) is 0 Å². The maximum atomic E-state index is 14.3. The number of amides is 3. The van der Waals surface area contributed by atoms with Crippen molar-refractivity contribution >= 4 is 29.5 Å². The van der Waals surface area contributed by atoms with Crippen molar-refractivity contribution < 1.29 is 14.0 Å². The normalized spacial score (nSPS) is 22.9. The Morgan fingerprint density at radius 2 is 1.83 bits per heavy atom. The van der Waals surface area contributed by atoms with Gasteiger partial charge in [-0.05, 0) is 24.6 Å². The predicted molar refractivity (Wildman–Crippen MR) is 131 cm³/mol. The molecule has 3 aliphatic heterocycles. The number of nitrogens with one attached hydrogen (secondary N) is 1. The van der Waals surface area contributed by atoms with E-state index in [9.17, 15) is 14.0 Å². The largest absolute Gasteiger partial charge is 0.340 e. The molecule has 2 aromatic rings. The summed E-state index contributed by atoms with van der Waals surface area (Å²) in [5.74, 6) is 0.0753. The molecule has 5 rings (SSSR count). The van der Waals surface area contributed by atoms with Gasteiger partial charge >= 0.3 is 6.03 Å². The molecule has 2 unspecified atom stereocenters. The number of rotatable bonds is 4. The van der Waals surface area contributed by atoms with Gasteiger partial charge in [-0.3, -0.25) is 15.0 Å². The lowest BCUT2D eigenvalue weighted by molar-refractivity contribution is -0.127. The highest BCUT2D eigenvalue weighted by atomic mass is 35.5. The van der Waals surface area contributed by atoms with E-state index < -0.39 is 18.2 Å². The highest BCUT2D eigenvalue weighted by Crippen LogP contribution is 2.28. The lowest BCUT2D eigenvalue weighted by atomic mass is 10.1. The quantitative estimate of drug-likeness (QED) is 0.701. The molecule has 0 radical (unpaired) electrons. The summed E-state index contributed by atoms with van der Waals surface area (Å²) in [5, 5.41) is 2.88. The smallest absolute Gasteiger partial charge is 0.325 e. The van der Waals surface area contributed by atoms with Gasteiger partial charge in [0.2, 0.25) is 0 Å². The third kappa shape index (κ3) is 4.58. The molecule has 2 atom stereocenters. The van der Waals surface area contributed by atoms with Crippen LogP contribution in [-0.4, -0.2) is 82.9 Å². The number of carbonyl (C=O) groups excluding carboxylic acids is 2. The minimum atomic E-state index is -0.594. The fourth-order valence-electron chi connectivity index (χ4n) is 4.96. The molecule has 0 aromatic heterocycles. The van der Waals surface area contributed by atoms with Crippen molar-refractivity contribution in [1.82, 2.24) is 24.9 Å². The number of fused-ring (bicyclic) bond motifs is 1. The Morgan fingerprint density at radius 3 is 2.54 bits per heavy atom. The fraction of sp³-hybridized carbons (Fsp3) is 0.400. The first-order valence-corrected chi connectivity index (χ1v) is 12.1. The van der Waals surface area contributed by atoms with Crippen LogP contribution in [0.15, 0.2) is 47.5 Å². The average molecular weight is 499 g/mol. The number of aryl methyl sites for hydroxylation is 1. The molecule has 8 nitrogen and oxygen atoms in total. The number of guanidine groups is 1. The number of likely N-dealkylation sites (N-methyl/N-ethyl adjacent to an activating group) is 1. The number of hydrogen-bond acceptors (Lipinski definition) is 6. The number of nitrogens with zero attached hydrogens (tertiary/aromatic N) is 5. The van der Waals surface area contributed by atoms with E-state index in [1.165, 1.54) is 11.0 Å². The zero-order valence-electron chi connectivity index (χ0n) is 19.7. The maximum Gasteiger partial charge on any atom is 0.325 e. The molecule has 3 aliphatic rings. The molecule has 0 spiro atoms. The lowest BCUT2D eigenvalue weighted by Gasteiger charge is -2.40. The summed E-state index contributed by atoms with van der Waals surface area (Å²) >= 11 is 6.22. The van der Waals surface area contributed by atoms with Crippen LogP contribution in [0.3, 0.4) is 0 Å². The van der Waals surface area contributed by atoms with E-state index in [1.807, 2.05) is 30.0 Å². The summed E-state index contributed by atoms with van der Waals surface area (Å²) in [6.45, 7) is 5.68. The van der Waals surface area contributed by atoms with Crippen molar-refractivity contribution in [2.75, 3.05) is 33.2 Å². The minimum Gasteiger partial charge on any atom is -0.340 e. The Morgan fingerprint density at radius 1 is 1.09 bits per heavy atom. The van der Waals surface area contributed by atoms with Crippen LogP contribution >= 0.6 is 11.6 Å². The number of hydrogen-bond donors (Lipinski definition) is 1. The van der Waals surface area contributed by atoms with E-state index in [0.29, 0.717) is 55.8 Å². The molecular formula is C25H28ClFN6O2. The van der Waals surface area contributed by atoms with E-state index >= 15 is 0 Å². The third-order valence-electron chi connectivity index (χ3n) is 6.87. The van der Waals surface area contributed by atoms with E-state index in [1.54, 1.807) is 19.2 Å². The van der Waals surface area contributed by atoms with Gasteiger partial charge in [0.15, 0.2) is 18.2 Å². The molecule has 184 valence electrons. The molecule has 35 heavy (non-hydrogen) atoms. The second-order valence-corrected chi connectivity index (χ2v) is 9.68. The number of halogens is 2. The van der Waals surface area contributed by atoms with Crippen LogP contribution in [0.25, 0.3) is 0 Å². The number of benzene rings is 2. The third-order valence-corrected chi connectivity index (χ3v) is 7.23. The number of aliphatic imine (C=N–C) groups is 1. The van der Waals surface area contributed by atoms with Gasteiger partial charge in [-0.15, -0.1) is 0 Å². The van der Waals surface area contributed by atoms with Crippen molar-refractivity contribution in [3.05, 3.63) is 70.0 Å². The predicted octanol–water partition coefficient (Wildman–Crippen LogP) is 2.65. The van der Waals surface area contributed by atoms with Crippen LogP contribution in [0.5, 0.6) is 0 Å². The Hall–Kier alpha value is -3.17. The zero-order valence-corrected chi connectivity index (χ0v) is 20.5. The van der Waals surface area contributed by atoms with Crippen LogP contribution in [-0.2, 0) is 17.9 Å². The van der Waals surface area contributed by atoms with Gasteiger partial charge in [0.1, 0.15) is 5.82 Å². The van der Waals surface area contributed by atoms with Gasteiger partial charge in [-0.25, -0.2) is 14.2 Å². The molecule has 0 bridgehead atoms. The maximum absolute atomic E-state index is 14.3. The Balaban J connectivity index is 1.35. The topological polar surface area (TPSA) is 71.5 Å². The van der Waals surface area contributed by atoms with Crippen molar-refractivity contribution in [3.63, 3.8) is 0 Å². The van der Waals surface area contributed by atoms with Gasteiger partial charge < -0.3 is 14.7 Å². The molecule has 1 N–H and O–H groups in total. The second kappa shape index (κ2) is 9.47. The van der Waals surface area contributed by atoms with Crippen molar-refractivity contribution in [2.45, 2.75) is 32.2 Å². The van der Waals surface area contributed by atoms with E-state index in [-0.39, 0.29) is 11.7 Å². The molecule has 2 saturated heterocycles. The molecule has 0 saturated carbocycles. The van der Waals surface area contributed by atoms with Crippen LogP contribution in [0.1, 0.15) is 16.7 Å². The monoisotopic (exact) mass is 498 g/mol. The first-order valence-electron chi connectivity index (χ1n) is 11.7. The highest BCUT2D eigenvalue weighted by Gasteiger charge is 2.49. The molecule has 3 heterocycles. The first kappa shape index (κ1) is 23.6. The van der Waals surface area contributed by atoms with Gasteiger partial charge in [0, 0.05) is 56.9 Å². The molecule has 3 amide bonds. The summed E-state index contributed by atoms with van der Waals surface area (Å²) in [4.78, 5) is 37.8. The Kier molecular flexibility index (Phi) is 6.37. The van der Waals surface area contributed by atoms with Crippen molar-refractivity contribution in [3.8, 4) is 0 Å². The fourth-order valence-corrected chi connectivity index (χ4v) is 5.19. The number of carbonyl (C=O) groups is 2. The summed E-state index contributed by atoms with van der Waals surface area (Å²) in [6, 6.07) is 11.9. The van der Waals surface area contributed by atoms with E-state index in [4.69, 9.17) is 16.6 Å². The van der Waals surface area contributed by atoms with E-state index in [0.717, 1.165) is 11.1 Å². The van der Waals surface area contributed by atoms with Gasteiger partial charge in [0.25, 0.3) is 5.91 Å². The Bertz CT molecular complexity index is 1160. The van der Waals surface area contributed by atoms with Crippen molar-refractivity contribution in [2.24, 2.45) is 4.99 Å². The van der Waals surface area contributed by atoms with Crippen LogP contribution in [0.2, 0.25) is 5.02 Å². The molecule has 2 fully saturated rings. The highest BCUT2D eigenvalue weighted by molar-refractivity contribution is 6.31. The Labute approximate surface area is 208 Å². The minimum absolute atomic E-state index is 0.299. The van der Waals surface area contributed by atoms with Crippen LogP contribution in [0.4, 0.5) is 9.18 Å². The SMILES string of the molecule is Cc1cccc(CN2C(N3CCN(Cc4c(F)cccc4Cl)CC3)=NC3C2C(=O)NC(=O)N3C)c1. The van der Waals surface area contributed by atoms with Gasteiger partial charge in [-0.1, -0.05) is 47.5 Å². The van der Waals surface area contributed by atoms with Crippen LogP contribution in [0, 0.1) is 12.7 Å². The summed E-state index contributed by atoms with van der Waals surface area (Å²) in [5.41, 5.74) is 2.71. The first-order chi connectivity index (χ1) is 16.8. The van der Waals surface area contributed by atoms with Crippen LogP contribution < -0.4 is 5.32 Å². The lowest BCUT2D eigenvalue weighted by Crippen LogP contribution is -2.64.